The molecule has 2 heterocycles. The molecule has 2 aromatic heterocycles. The highest BCUT2D eigenvalue weighted by atomic mass is 16.3. The summed E-state index contributed by atoms with van der Waals surface area (Å²) < 4.78 is 5.33. The fraction of sp³-hybridized carbons (Fsp3) is 0. The molecule has 8 heteroatoms. The van der Waals surface area contributed by atoms with Crippen LogP contribution in [0.2, 0.25) is 0 Å². The number of fused-ring (bicyclic) bond motifs is 1. The number of carbonyl (C=O) groups excluding carboxylic acids is 1. The van der Waals surface area contributed by atoms with E-state index in [1.807, 2.05) is 4.98 Å². The Morgan fingerprint density at radius 2 is 1.96 bits per heavy atom. The van der Waals surface area contributed by atoms with Crippen LogP contribution in [0.15, 0.2) is 61.6 Å². The normalized spacial score (nSPS) is 11.0. The highest BCUT2D eigenvalue weighted by Gasteiger charge is 2.06. The fourth-order valence-electron chi connectivity index (χ4n) is 2.05. The number of aromatic amines is 2. The van der Waals surface area contributed by atoms with E-state index in [4.69, 9.17) is 4.42 Å². The van der Waals surface area contributed by atoms with E-state index < -0.39 is 17.2 Å². The molecule has 0 bridgehead atoms. The molecule has 0 spiro atoms. The zero-order valence-corrected chi connectivity index (χ0v) is 12.2. The van der Waals surface area contributed by atoms with Crippen LogP contribution in [0.25, 0.3) is 17.0 Å². The van der Waals surface area contributed by atoms with Gasteiger partial charge in [0.15, 0.2) is 5.43 Å². The number of aromatic nitrogens is 2. The fourth-order valence-corrected chi connectivity index (χ4v) is 2.05. The average Bonchev–Trinajstić information content (AvgIpc) is 2.57. The second-order valence-electron chi connectivity index (χ2n) is 4.82. The van der Waals surface area contributed by atoms with Gasteiger partial charge in [-0.3, -0.25) is 19.4 Å². The molecule has 8 nitrogen and oxygen atoms in total. The van der Waals surface area contributed by atoms with Crippen LogP contribution >= 0.6 is 0 Å². The van der Waals surface area contributed by atoms with E-state index in [-0.39, 0.29) is 16.7 Å². The maximum absolute atomic E-state index is 12.3. The van der Waals surface area contributed by atoms with Crippen LogP contribution in [-0.2, 0) is 4.79 Å². The van der Waals surface area contributed by atoms with Crippen LogP contribution in [0.4, 0.5) is 5.69 Å². The third-order valence-electron chi connectivity index (χ3n) is 3.20. The molecule has 3 rings (SSSR count). The van der Waals surface area contributed by atoms with Crippen LogP contribution in [-0.4, -0.2) is 15.9 Å². The van der Waals surface area contributed by atoms with Crippen molar-refractivity contribution >= 4 is 28.6 Å². The van der Waals surface area contributed by atoms with Gasteiger partial charge < -0.3 is 14.7 Å². The first-order valence-corrected chi connectivity index (χ1v) is 6.86. The van der Waals surface area contributed by atoms with Crippen molar-refractivity contribution in [3.63, 3.8) is 0 Å². The minimum Gasteiger partial charge on any atom is -0.463 e. The molecule has 0 fully saturated rings. The Bertz CT molecular complexity index is 1120. The van der Waals surface area contributed by atoms with Gasteiger partial charge in [0.2, 0.25) is 5.91 Å². The number of H-pyrrole nitrogens is 2. The van der Waals surface area contributed by atoms with Gasteiger partial charge in [-0.05, 0) is 18.2 Å². The third kappa shape index (κ3) is 3.07. The quantitative estimate of drug-likeness (QED) is 0.615. The van der Waals surface area contributed by atoms with Gasteiger partial charge in [0.25, 0.3) is 5.56 Å². The van der Waals surface area contributed by atoms with Crippen LogP contribution in [0, 0.1) is 0 Å². The van der Waals surface area contributed by atoms with Crippen LogP contribution in [0.1, 0.15) is 5.56 Å². The number of nitrogens with one attached hydrogen (secondary N) is 3. The molecule has 0 saturated heterocycles. The minimum absolute atomic E-state index is 0.116. The summed E-state index contributed by atoms with van der Waals surface area (Å²) in [4.78, 5) is 50.7. The second kappa shape index (κ2) is 6.21. The van der Waals surface area contributed by atoms with Gasteiger partial charge >= 0.3 is 5.69 Å². The van der Waals surface area contributed by atoms with Crippen molar-refractivity contribution < 1.29 is 9.21 Å². The Labute approximate surface area is 133 Å². The zero-order valence-electron chi connectivity index (χ0n) is 12.2. The SMILES string of the molecule is O=C(/C=C/c1coc2ccccc2c1=O)Nc1c[nH]c(=O)[nH]c1=O. The van der Waals surface area contributed by atoms with Gasteiger partial charge in [-0.1, -0.05) is 12.1 Å². The lowest BCUT2D eigenvalue weighted by Crippen LogP contribution is -2.25. The van der Waals surface area contributed by atoms with Crippen LogP contribution in [0.3, 0.4) is 0 Å². The van der Waals surface area contributed by atoms with Crippen molar-refractivity contribution in [1.29, 1.82) is 0 Å². The summed E-state index contributed by atoms with van der Waals surface area (Å²) in [6.45, 7) is 0. The summed E-state index contributed by atoms with van der Waals surface area (Å²) in [6.07, 6.45) is 4.71. The summed E-state index contributed by atoms with van der Waals surface area (Å²) in [6, 6.07) is 6.75. The van der Waals surface area contributed by atoms with Gasteiger partial charge in [0.1, 0.15) is 17.5 Å². The number of amides is 1. The monoisotopic (exact) mass is 325 g/mol. The van der Waals surface area contributed by atoms with Gasteiger partial charge in [-0.2, -0.15) is 0 Å². The number of hydrogen-bond donors (Lipinski definition) is 3. The Balaban J connectivity index is 1.84. The van der Waals surface area contributed by atoms with E-state index in [1.54, 1.807) is 24.3 Å². The van der Waals surface area contributed by atoms with Crippen LogP contribution in [0.5, 0.6) is 0 Å². The van der Waals surface area contributed by atoms with E-state index in [0.29, 0.717) is 11.0 Å². The first-order chi connectivity index (χ1) is 11.5. The van der Waals surface area contributed by atoms with E-state index >= 15 is 0 Å². The molecule has 3 N–H and O–H groups in total. The first-order valence-electron chi connectivity index (χ1n) is 6.86. The maximum atomic E-state index is 12.3. The van der Waals surface area contributed by atoms with Crippen molar-refractivity contribution in [3.05, 3.63) is 79.4 Å². The van der Waals surface area contributed by atoms with Crippen molar-refractivity contribution in [2.45, 2.75) is 0 Å². The predicted molar refractivity (Wildman–Crippen MR) is 87.8 cm³/mol. The van der Waals surface area contributed by atoms with Crippen molar-refractivity contribution in [3.8, 4) is 0 Å². The molecule has 120 valence electrons. The molecular formula is C16H11N3O5. The molecule has 3 aromatic rings. The molecule has 0 aliphatic rings. The first kappa shape index (κ1) is 15.2. The standard InChI is InChI=1S/C16H11N3O5/c20-13(18-11-7-17-16(23)19-15(11)22)6-5-9-8-24-12-4-2-1-3-10(12)14(9)21/h1-8H,(H,18,20)(H2,17,19,22,23)/b6-5+. The molecule has 1 aromatic carbocycles. The summed E-state index contributed by atoms with van der Waals surface area (Å²) in [5, 5.41) is 2.69. The van der Waals surface area contributed by atoms with E-state index in [0.717, 1.165) is 12.3 Å². The molecule has 0 radical (unpaired) electrons. The van der Waals surface area contributed by atoms with E-state index in [1.165, 1.54) is 12.3 Å². The Morgan fingerprint density at radius 1 is 1.17 bits per heavy atom. The summed E-state index contributed by atoms with van der Waals surface area (Å²) in [5.41, 5.74) is -1.16. The van der Waals surface area contributed by atoms with E-state index in [9.17, 15) is 19.2 Å². The van der Waals surface area contributed by atoms with Gasteiger partial charge in [-0.25, -0.2) is 4.79 Å². The highest BCUT2D eigenvalue weighted by Crippen LogP contribution is 2.11. The van der Waals surface area contributed by atoms with Crippen molar-refractivity contribution in [1.82, 2.24) is 9.97 Å². The van der Waals surface area contributed by atoms with Crippen molar-refractivity contribution in [2.75, 3.05) is 5.32 Å². The lowest BCUT2D eigenvalue weighted by Gasteiger charge is -2.00. The largest absolute Gasteiger partial charge is 0.463 e. The lowest BCUT2D eigenvalue weighted by molar-refractivity contribution is -0.111. The number of hydrogen-bond acceptors (Lipinski definition) is 5. The molecular weight excluding hydrogens is 314 g/mol. The number of rotatable bonds is 3. The maximum Gasteiger partial charge on any atom is 0.325 e. The lowest BCUT2D eigenvalue weighted by atomic mass is 10.1. The summed E-state index contributed by atoms with van der Waals surface area (Å²) in [5.74, 6) is -0.639. The highest BCUT2D eigenvalue weighted by molar-refractivity contribution is 6.01. The Morgan fingerprint density at radius 3 is 2.75 bits per heavy atom. The predicted octanol–water partition coefficient (Wildman–Crippen LogP) is 0.821. The minimum atomic E-state index is -0.731. The molecule has 1 amide bonds. The second-order valence-corrected chi connectivity index (χ2v) is 4.82. The average molecular weight is 325 g/mol. The Hall–Kier alpha value is -3.68. The molecule has 0 aliphatic carbocycles. The molecule has 0 unspecified atom stereocenters. The zero-order chi connectivity index (χ0) is 17.1. The number of benzene rings is 1. The summed E-state index contributed by atoms with van der Waals surface area (Å²) >= 11 is 0. The smallest absolute Gasteiger partial charge is 0.325 e. The Kier molecular flexibility index (Phi) is 3.94. The topological polar surface area (TPSA) is 125 Å². The van der Waals surface area contributed by atoms with Gasteiger partial charge in [-0.15, -0.1) is 0 Å². The molecule has 0 saturated carbocycles. The van der Waals surface area contributed by atoms with Gasteiger partial charge in [0.05, 0.1) is 10.9 Å². The van der Waals surface area contributed by atoms with Gasteiger partial charge in [0, 0.05) is 12.3 Å². The van der Waals surface area contributed by atoms with E-state index in [2.05, 4.69) is 10.3 Å². The van der Waals surface area contributed by atoms with Crippen molar-refractivity contribution in [2.24, 2.45) is 0 Å². The molecule has 0 aliphatic heterocycles. The van der Waals surface area contributed by atoms with Crippen LogP contribution < -0.4 is 22.0 Å². The third-order valence-corrected chi connectivity index (χ3v) is 3.20. The summed E-state index contributed by atoms with van der Waals surface area (Å²) in [7, 11) is 0. The molecule has 24 heavy (non-hydrogen) atoms. The number of anilines is 1. The molecule has 0 atom stereocenters. The number of carbonyl (C=O) groups is 1. The number of para-hydroxylation sites is 1.